The van der Waals surface area contributed by atoms with Crippen molar-refractivity contribution in [1.82, 2.24) is 5.32 Å². The van der Waals surface area contributed by atoms with E-state index in [0.29, 0.717) is 6.42 Å². The minimum absolute atomic E-state index is 0.00453. The Morgan fingerprint density at radius 2 is 1.94 bits per heavy atom. The number of nitrogens with zero attached hydrogens (tertiary/aromatic N) is 1. The van der Waals surface area contributed by atoms with Crippen molar-refractivity contribution in [3.05, 3.63) is 0 Å². The Morgan fingerprint density at radius 3 is 2.44 bits per heavy atom. The lowest BCUT2D eigenvalue weighted by Gasteiger charge is -2.19. The van der Waals surface area contributed by atoms with Gasteiger partial charge in [0, 0.05) is 6.04 Å². The summed E-state index contributed by atoms with van der Waals surface area (Å²) in [4.78, 5) is 12.0. The number of unbranched alkanes of at least 4 members (excludes halogenated alkanes) is 2. The second-order valence-electron chi connectivity index (χ2n) is 4.77. The third-order valence-corrected chi connectivity index (χ3v) is 3.00. The van der Waals surface area contributed by atoms with Crippen LogP contribution in [0, 0.1) is 5.92 Å². The van der Waals surface area contributed by atoms with Gasteiger partial charge in [-0.25, -0.2) is 0 Å². The number of nitrogens with one attached hydrogen (secondary N) is 1. The fourth-order valence-electron chi connectivity index (χ4n) is 1.89. The lowest BCUT2D eigenvalue weighted by atomic mass is 10.0. The van der Waals surface area contributed by atoms with Gasteiger partial charge in [-0.1, -0.05) is 44.7 Å². The smallest absolute Gasteiger partial charge is 0.231 e. The van der Waals surface area contributed by atoms with Crippen LogP contribution in [0.25, 0.3) is 0 Å². The average molecular weight is 257 g/mol. The zero-order valence-corrected chi connectivity index (χ0v) is 11.8. The summed E-state index contributed by atoms with van der Waals surface area (Å²) in [6.45, 7) is 6.11. The maximum atomic E-state index is 12.0. The first-order valence-electron chi connectivity index (χ1n) is 6.84. The predicted octanol–water partition coefficient (Wildman–Crippen LogP) is 2.23. The largest absolute Gasteiger partial charge is 0.409 e. The maximum absolute atomic E-state index is 12.0. The van der Waals surface area contributed by atoms with Crippen molar-refractivity contribution in [1.29, 1.82) is 0 Å². The molecule has 0 bridgehead atoms. The number of oxime groups is 1. The van der Waals surface area contributed by atoms with Crippen LogP contribution in [-0.4, -0.2) is 23.0 Å². The molecular weight excluding hydrogens is 230 g/mol. The number of amides is 1. The highest BCUT2D eigenvalue weighted by Crippen LogP contribution is 2.09. The van der Waals surface area contributed by atoms with Gasteiger partial charge in [-0.2, -0.15) is 0 Å². The number of carbonyl (C=O) groups excluding carboxylic acids is 1. The van der Waals surface area contributed by atoms with Crippen LogP contribution in [-0.2, 0) is 4.79 Å². The van der Waals surface area contributed by atoms with Gasteiger partial charge in [-0.3, -0.25) is 4.79 Å². The molecule has 0 saturated carbocycles. The summed E-state index contributed by atoms with van der Waals surface area (Å²) in [5.41, 5.74) is 5.54. The van der Waals surface area contributed by atoms with Crippen LogP contribution in [0.15, 0.2) is 5.16 Å². The summed E-state index contributed by atoms with van der Waals surface area (Å²) in [7, 11) is 0. The zero-order chi connectivity index (χ0) is 14.0. The van der Waals surface area contributed by atoms with E-state index in [1.807, 2.05) is 13.8 Å². The van der Waals surface area contributed by atoms with E-state index < -0.39 is 5.92 Å². The number of rotatable bonds is 9. The fraction of sp³-hybridized carbons (Fsp3) is 0.846. The molecule has 0 aromatic rings. The highest BCUT2D eigenvalue weighted by atomic mass is 16.4. The van der Waals surface area contributed by atoms with E-state index in [1.165, 1.54) is 12.8 Å². The monoisotopic (exact) mass is 257 g/mol. The average Bonchev–Trinajstić information content (AvgIpc) is 2.35. The Kier molecular flexibility index (Phi) is 9.06. The molecule has 2 unspecified atom stereocenters. The Morgan fingerprint density at radius 1 is 1.28 bits per heavy atom. The van der Waals surface area contributed by atoms with E-state index in [1.54, 1.807) is 0 Å². The van der Waals surface area contributed by atoms with Gasteiger partial charge >= 0.3 is 0 Å². The van der Waals surface area contributed by atoms with Gasteiger partial charge in [0.05, 0.1) is 5.92 Å². The molecule has 5 heteroatoms. The second-order valence-corrected chi connectivity index (χ2v) is 4.77. The van der Waals surface area contributed by atoms with Crippen LogP contribution in [0.5, 0.6) is 0 Å². The summed E-state index contributed by atoms with van der Waals surface area (Å²) < 4.78 is 0. The molecule has 0 saturated heterocycles. The summed E-state index contributed by atoms with van der Waals surface area (Å²) in [6.07, 6.45) is 5.85. The molecule has 5 nitrogen and oxygen atoms in total. The molecule has 0 radical (unpaired) electrons. The van der Waals surface area contributed by atoms with Crippen LogP contribution in [0.3, 0.4) is 0 Å². The Bertz CT molecular complexity index is 267. The Hall–Kier alpha value is -1.26. The standard InChI is InChI=1S/C13H27N3O2/c1-4-6-7-9-10(3)15-13(17)11(8-5-2)12(14)16-18/h10-11,18H,4-9H2,1-3H3,(H2,14,16)(H,15,17). The van der Waals surface area contributed by atoms with Crippen molar-refractivity contribution in [2.45, 2.75) is 65.3 Å². The Labute approximate surface area is 110 Å². The number of hydrogen-bond donors (Lipinski definition) is 3. The van der Waals surface area contributed by atoms with E-state index in [-0.39, 0.29) is 17.8 Å². The molecule has 0 rings (SSSR count). The molecule has 0 heterocycles. The van der Waals surface area contributed by atoms with Crippen molar-refractivity contribution in [2.24, 2.45) is 16.8 Å². The van der Waals surface area contributed by atoms with Crippen molar-refractivity contribution >= 4 is 11.7 Å². The Balaban J connectivity index is 4.24. The third-order valence-electron chi connectivity index (χ3n) is 3.00. The molecule has 0 spiro atoms. The molecule has 106 valence electrons. The molecule has 1 amide bonds. The van der Waals surface area contributed by atoms with E-state index >= 15 is 0 Å². The van der Waals surface area contributed by atoms with Crippen molar-refractivity contribution in [3.63, 3.8) is 0 Å². The van der Waals surface area contributed by atoms with E-state index in [9.17, 15) is 4.79 Å². The summed E-state index contributed by atoms with van der Waals surface area (Å²) in [5.74, 6) is -0.667. The van der Waals surface area contributed by atoms with Crippen LogP contribution in [0.1, 0.15) is 59.3 Å². The SMILES string of the molecule is CCCCCC(C)NC(=O)C(CCC)C(N)=NO. The molecule has 0 aliphatic heterocycles. The van der Waals surface area contributed by atoms with Crippen LogP contribution in [0.2, 0.25) is 0 Å². The van der Waals surface area contributed by atoms with Crippen LogP contribution >= 0.6 is 0 Å². The van der Waals surface area contributed by atoms with Crippen molar-refractivity contribution < 1.29 is 10.0 Å². The molecule has 0 aromatic heterocycles. The summed E-state index contributed by atoms with van der Waals surface area (Å²) in [6, 6.07) is 0.134. The lowest BCUT2D eigenvalue weighted by molar-refractivity contribution is -0.123. The highest BCUT2D eigenvalue weighted by Gasteiger charge is 2.23. The number of nitrogens with two attached hydrogens (primary N) is 1. The fourth-order valence-corrected chi connectivity index (χ4v) is 1.89. The quantitative estimate of drug-likeness (QED) is 0.194. The van der Waals surface area contributed by atoms with E-state index in [2.05, 4.69) is 17.4 Å². The van der Waals surface area contributed by atoms with E-state index in [4.69, 9.17) is 10.9 Å². The van der Waals surface area contributed by atoms with Crippen LogP contribution in [0.4, 0.5) is 0 Å². The molecule has 0 aliphatic carbocycles. The van der Waals surface area contributed by atoms with Crippen molar-refractivity contribution in [3.8, 4) is 0 Å². The topological polar surface area (TPSA) is 87.7 Å². The molecule has 2 atom stereocenters. The highest BCUT2D eigenvalue weighted by molar-refractivity contribution is 6.02. The summed E-state index contributed by atoms with van der Waals surface area (Å²) >= 11 is 0. The first kappa shape index (κ1) is 16.7. The van der Waals surface area contributed by atoms with Gasteiger partial charge < -0.3 is 16.3 Å². The lowest BCUT2D eigenvalue weighted by Crippen LogP contribution is -2.42. The number of amidine groups is 1. The number of hydrogen-bond acceptors (Lipinski definition) is 3. The maximum Gasteiger partial charge on any atom is 0.231 e. The van der Waals surface area contributed by atoms with Gasteiger partial charge in [0.1, 0.15) is 0 Å². The molecule has 0 aliphatic rings. The molecule has 0 fully saturated rings. The number of carbonyl (C=O) groups is 1. The van der Waals surface area contributed by atoms with Gasteiger partial charge in [0.15, 0.2) is 5.84 Å². The second kappa shape index (κ2) is 9.74. The summed E-state index contributed by atoms with van der Waals surface area (Å²) in [5, 5.41) is 14.5. The zero-order valence-electron chi connectivity index (χ0n) is 11.8. The molecule has 0 aromatic carbocycles. The molecular formula is C13H27N3O2. The van der Waals surface area contributed by atoms with E-state index in [0.717, 1.165) is 19.3 Å². The van der Waals surface area contributed by atoms with Gasteiger partial charge in [0.2, 0.25) is 5.91 Å². The first-order chi connectivity index (χ1) is 8.56. The van der Waals surface area contributed by atoms with Gasteiger partial charge in [-0.05, 0) is 19.8 Å². The van der Waals surface area contributed by atoms with Crippen LogP contribution < -0.4 is 11.1 Å². The molecule has 4 N–H and O–H groups in total. The first-order valence-corrected chi connectivity index (χ1v) is 6.84. The van der Waals surface area contributed by atoms with Gasteiger partial charge in [0.25, 0.3) is 0 Å². The minimum atomic E-state index is -0.520. The van der Waals surface area contributed by atoms with Gasteiger partial charge in [-0.15, -0.1) is 0 Å². The third kappa shape index (κ3) is 6.47. The molecule has 18 heavy (non-hydrogen) atoms. The normalized spacial score (nSPS) is 15.2. The van der Waals surface area contributed by atoms with Crippen molar-refractivity contribution in [2.75, 3.05) is 0 Å². The predicted molar refractivity (Wildman–Crippen MR) is 73.6 cm³/mol. The minimum Gasteiger partial charge on any atom is -0.409 e.